The van der Waals surface area contributed by atoms with E-state index in [1.54, 1.807) is 13.0 Å². The lowest BCUT2D eigenvalue weighted by Gasteiger charge is -2.13. The summed E-state index contributed by atoms with van der Waals surface area (Å²) in [5.74, 6) is 1.09. The van der Waals surface area contributed by atoms with Crippen LogP contribution in [0, 0.1) is 25.7 Å². The van der Waals surface area contributed by atoms with Gasteiger partial charge in [0.15, 0.2) is 0 Å². The molecule has 4 nitrogen and oxygen atoms in total. The Bertz CT molecular complexity index is 581. The molecule has 19 heavy (non-hydrogen) atoms. The second kappa shape index (κ2) is 5.23. The van der Waals surface area contributed by atoms with Gasteiger partial charge in [-0.15, -0.1) is 0 Å². The Hall–Kier alpha value is -0.910. The molecule has 1 aliphatic carbocycles. The zero-order valence-corrected chi connectivity index (χ0v) is 12.4. The molecule has 2 N–H and O–H groups in total. The number of hydrogen-bond donors (Lipinski definition) is 2. The lowest BCUT2D eigenvalue weighted by Crippen LogP contribution is -2.27. The van der Waals surface area contributed by atoms with Crippen LogP contribution in [0.1, 0.15) is 30.0 Å². The fraction of sp³-hybridized carbons (Fsp3) is 0.571. The topological polar surface area (TPSA) is 66.4 Å². The van der Waals surface area contributed by atoms with E-state index >= 15 is 0 Å². The minimum atomic E-state index is -3.49. The van der Waals surface area contributed by atoms with Crippen molar-refractivity contribution in [1.29, 1.82) is 0 Å². The SMILES string of the molecule is Cc1cc(CO)cc(S(=O)(=O)NCC2CC2C)c1C. The number of aryl methyl sites for hydroxylation is 1. The van der Waals surface area contributed by atoms with Crippen LogP contribution < -0.4 is 4.72 Å². The fourth-order valence-corrected chi connectivity index (χ4v) is 3.71. The second-order valence-corrected chi connectivity index (χ2v) is 7.25. The lowest BCUT2D eigenvalue weighted by atomic mass is 10.1. The van der Waals surface area contributed by atoms with Crippen LogP contribution in [0.2, 0.25) is 0 Å². The van der Waals surface area contributed by atoms with Gasteiger partial charge < -0.3 is 5.11 Å². The van der Waals surface area contributed by atoms with E-state index in [1.165, 1.54) is 0 Å². The van der Waals surface area contributed by atoms with Gasteiger partial charge in [0.1, 0.15) is 0 Å². The molecule has 0 radical (unpaired) electrons. The molecule has 0 bridgehead atoms. The monoisotopic (exact) mass is 283 g/mol. The van der Waals surface area contributed by atoms with Gasteiger partial charge in [-0.2, -0.15) is 0 Å². The zero-order valence-electron chi connectivity index (χ0n) is 11.6. The molecule has 0 saturated heterocycles. The Balaban J connectivity index is 2.25. The van der Waals surface area contributed by atoms with Crippen LogP contribution in [-0.2, 0) is 16.6 Å². The van der Waals surface area contributed by atoms with Crippen LogP contribution in [0.15, 0.2) is 17.0 Å². The Kier molecular flexibility index (Phi) is 3.99. The molecule has 0 heterocycles. The highest BCUT2D eigenvalue weighted by Crippen LogP contribution is 2.37. The van der Waals surface area contributed by atoms with E-state index < -0.39 is 10.0 Å². The Labute approximate surface area is 114 Å². The molecule has 0 aliphatic heterocycles. The predicted molar refractivity (Wildman–Crippen MR) is 74.3 cm³/mol. The molecular formula is C14H21NO3S. The molecule has 1 aromatic carbocycles. The highest BCUT2D eigenvalue weighted by Gasteiger charge is 2.33. The van der Waals surface area contributed by atoms with Crippen molar-refractivity contribution in [3.63, 3.8) is 0 Å². The number of aliphatic hydroxyl groups is 1. The number of rotatable bonds is 5. The minimum absolute atomic E-state index is 0.150. The zero-order chi connectivity index (χ0) is 14.2. The molecule has 5 heteroatoms. The van der Waals surface area contributed by atoms with Crippen LogP contribution in [-0.4, -0.2) is 20.1 Å². The minimum Gasteiger partial charge on any atom is -0.392 e. The molecule has 2 unspecified atom stereocenters. The number of sulfonamides is 1. The van der Waals surface area contributed by atoms with Crippen molar-refractivity contribution in [2.75, 3.05) is 6.54 Å². The molecule has 106 valence electrons. The molecule has 0 spiro atoms. The third-order valence-corrected chi connectivity index (χ3v) is 5.51. The normalized spacial score (nSPS) is 22.5. The van der Waals surface area contributed by atoms with Crippen molar-refractivity contribution >= 4 is 10.0 Å². The quantitative estimate of drug-likeness (QED) is 0.865. The molecule has 1 aliphatic rings. The van der Waals surface area contributed by atoms with Gasteiger partial charge in [-0.25, -0.2) is 13.1 Å². The van der Waals surface area contributed by atoms with Crippen LogP contribution >= 0.6 is 0 Å². The molecule has 0 amide bonds. The smallest absolute Gasteiger partial charge is 0.240 e. The van der Waals surface area contributed by atoms with Crippen LogP contribution in [0.4, 0.5) is 0 Å². The van der Waals surface area contributed by atoms with E-state index in [4.69, 9.17) is 0 Å². The first kappa shape index (κ1) is 14.5. The molecule has 0 aromatic heterocycles. The molecule has 1 fully saturated rings. The van der Waals surface area contributed by atoms with Crippen molar-refractivity contribution in [3.8, 4) is 0 Å². The van der Waals surface area contributed by atoms with Gasteiger partial charge in [0.05, 0.1) is 11.5 Å². The predicted octanol–water partition coefficient (Wildman–Crippen LogP) is 1.73. The first-order valence-corrected chi connectivity index (χ1v) is 8.04. The van der Waals surface area contributed by atoms with Gasteiger partial charge in [-0.05, 0) is 54.9 Å². The van der Waals surface area contributed by atoms with Crippen molar-refractivity contribution in [1.82, 2.24) is 4.72 Å². The highest BCUT2D eigenvalue weighted by atomic mass is 32.2. The molecular weight excluding hydrogens is 262 g/mol. The van der Waals surface area contributed by atoms with E-state index in [1.807, 2.05) is 13.0 Å². The number of aliphatic hydroxyl groups excluding tert-OH is 1. The summed E-state index contributed by atoms with van der Waals surface area (Å²) in [5, 5.41) is 9.19. The summed E-state index contributed by atoms with van der Waals surface area (Å²) in [6, 6.07) is 3.37. The fourth-order valence-electron chi connectivity index (χ4n) is 2.25. The number of hydrogen-bond acceptors (Lipinski definition) is 3. The van der Waals surface area contributed by atoms with Crippen molar-refractivity contribution in [2.24, 2.45) is 11.8 Å². The summed E-state index contributed by atoms with van der Waals surface area (Å²) in [6.45, 7) is 6.14. The molecule has 1 aromatic rings. The number of benzene rings is 1. The molecule has 2 atom stereocenters. The first-order chi connectivity index (χ1) is 8.85. The summed E-state index contributed by atoms with van der Waals surface area (Å²) in [6.07, 6.45) is 1.09. The first-order valence-electron chi connectivity index (χ1n) is 6.56. The van der Waals surface area contributed by atoms with Gasteiger partial charge >= 0.3 is 0 Å². The maximum atomic E-state index is 12.3. The van der Waals surface area contributed by atoms with Crippen LogP contribution in [0.3, 0.4) is 0 Å². The maximum Gasteiger partial charge on any atom is 0.240 e. The second-order valence-electron chi connectivity index (χ2n) is 5.52. The van der Waals surface area contributed by atoms with E-state index in [-0.39, 0.29) is 11.5 Å². The number of nitrogens with one attached hydrogen (secondary N) is 1. The summed E-state index contributed by atoms with van der Waals surface area (Å²) in [4.78, 5) is 0.282. The Morgan fingerprint density at radius 2 is 2.00 bits per heavy atom. The van der Waals surface area contributed by atoms with Gasteiger partial charge in [-0.3, -0.25) is 0 Å². The average Bonchev–Trinajstić information content (AvgIpc) is 3.06. The molecule has 2 rings (SSSR count). The Morgan fingerprint density at radius 3 is 2.53 bits per heavy atom. The van der Waals surface area contributed by atoms with Crippen molar-refractivity contribution in [3.05, 3.63) is 28.8 Å². The largest absolute Gasteiger partial charge is 0.392 e. The third kappa shape index (κ3) is 3.16. The lowest BCUT2D eigenvalue weighted by molar-refractivity contribution is 0.281. The van der Waals surface area contributed by atoms with E-state index in [2.05, 4.69) is 11.6 Å². The Morgan fingerprint density at radius 1 is 1.37 bits per heavy atom. The van der Waals surface area contributed by atoms with E-state index in [9.17, 15) is 13.5 Å². The molecule has 1 saturated carbocycles. The van der Waals surface area contributed by atoms with Crippen molar-refractivity contribution in [2.45, 2.75) is 38.7 Å². The summed E-state index contributed by atoms with van der Waals surface area (Å²) >= 11 is 0. The van der Waals surface area contributed by atoms with Gasteiger partial charge in [0.25, 0.3) is 0 Å². The highest BCUT2D eigenvalue weighted by molar-refractivity contribution is 7.89. The summed E-state index contributed by atoms with van der Waals surface area (Å²) < 4.78 is 27.3. The standard InChI is InChI=1S/C14H21NO3S/c1-9-4-12(8-16)6-14(11(9)3)19(17,18)15-7-13-5-10(13)2/h4,6,10,13,15-16H,5,7-8H2,1-3H3. The van der Waals surface area contributed by atoms with Crippen LogP contribution in [0.5, 0.6) is 0 Å². The summed E-state index contributed by atoms with van der Waals surface area (Å²) in [5.41, 5.74) is 2.25. The van der Waals surface area contributed by atoms with Gasteiger partial charge in [0, 0.05) is 6.54 Å². The third-order valence-electron chi connectivity index (χ3n) is 3.96. The van der Waals surface area contributed by atoms with Gasteiger partial charge in [0.2, 0.25) is 10.0 Å². The van der Waals surface area contributed by atoms with Crippen molar-refractivity contribution < 1.29 is 13.5 Å². The average molecular weight is 283 g/mol. The van der Waals surface area contributed by atoms with Gasteiger partial charge in [-0.1, -0.05) is 13.0 Å². The summed E-state index contributed by atoms with van der Waals surface area (Å²) in [7, 11) is -3.49. The van der Waals surface area contributed by atoms with E-state index in [0.29, 0.717) is 23.9 Å². The van der Waals surface area contributed by atoms with E-state index in [0.717, 1.165) is 17.5 Å². The van der Waals surface area contributed by atoms with Crippen LogP contribution in [0.25, 0.3) is 0 Å². The maximum absolute atomic E-state index is 12.3.